The van der Waals surface area contributed by atoms with Crippen molar-refractivity contribution in [3.63, 3.8) is 0 Å². The van der Waals surface area contributed by atoms with Gasteiger partial charge in [0, 0.05) is 11.6 Å². The van der Waals surface area contributed by atoms with Crippen LogP contribution in [0.4, 0.5) is 5.69 Å². The Morgan fingerprint density at radius 3 is 2.79 bits per heavy atom. The Bertz CT molecular complexity index is 1220. The predicted octanol–water partition coefficient (Wildman–Crippen LogP) is 2.94. The molecule has 0 fully saturated rings. The third kappa shape index (κ3) is 2.55. The molecule has 2 N–H and O–H groups in total. The number of nitrogens with one attached hydrogen (secondary N) is 2. The van der Waals surface area contributed by atoms with Gasteiger partial charge in [-0.3, -0.25) is 14.5 Å². The molecule has 2 heterocycles. The van der Waals surface area contributed by atoms with Crippen LogP contribution < -0.4 is 9.60 Å². The summed E-state index contributed by atoms with van der Waals surface area (Å²) in [6, 6.07) is 13.5. The van der Waals surface area contributed by atoms with E-state index in [1.165, 1.54) is 12.1 Å². The van der Waals surface area contributed by atoms with Crippen molar-refractivity contribution in [2.75, 3.05) is 4.72 Å². The molecular formula is C16H11N3O3S2. The van der Waals surface area contributed by atoms with Crippen molar-refractivity contribution in [3.8, 4) is 0 Å². The van der Waals surface area contributed by atoms with Crippen molar-refractivity contribution >= 4 is 48.2 Å². The number of sulfonamides is 1. The molecule has 8 heteroatoms. The lowest BCUT2D eigenvalue weighted by Crippen LogP contribution is -2.13. The van der Waals surface area contributed by atoms with E-state index in [-0.39, 0.29) is 9.77 Å². The molecule has 0 saturated heterocycles. The van der Waals surface area contributed by atoms with Gasteiger partial charge >= 0.3 is 4.87 Å². The molecule has 0 radical (unpaired) electrons. The number of nitrogens with zero attached hydrogens (tertiary/aromatic N) is 1. The van der Waals surface area contributed by atoms with E-state index in [1.54, 1.807) is 30.5 Å². The number of hydrogen-bond donors (Lipinski definition) is 2. The maximum atomic E-state index is 12.7. The summed E-state index contributed by atoms with van der Waals surface area (Å²) in [5.41, 5.74) is 1.61. The molecule has 2 aromatic carbocycles. The Balaban J connectivity index is 1.80. The number of aromatic amines is 1. The van der Waals surface area contributed by atoms with Gasteiger partial charge in [-0.25, -0.2) is 8.42 Å². The van der Waals surface area contributed by atoms with Gasteiger partial charge in [0.1, 0.15) is 0 Å². The molecule has 120 valence electrons. The molecule has 0 aliphatic rings. The first kappa shape index (κ1) is 14.9. The summed E-state index contributed by atoms with van der Waals surface area (Å²) < 4.78 is 28.5. The lowest BCUT2D eigenvalue weighted by molar-refractivity contribution is 0.601. The standard InChI is InChI=1S/C16H11N3O3S2/c20-16-18-12-7-6-11(9-14(12)23-16)24(21,22)19-13-5-1-3-10-4-2-8-17-15(10)13/h1-9,19H,(H,18,20). The average Bonchev–Trinajstić information content (AvgIpc) is 2.94. The number of benzene rings is 2. The van der Waals surface area contributed by atoms with Crippen LogP contribution in [0.5, 0.6) is 0 Å². The summed E-state index contributed by atoms with van der Waals surface area (Å²) in [7, 11) is -3.79. The van der Waals surface area contributed by atoms with Gasteiger partial charge in [0.2, 0.25) is 0 Å². The molecule has 0 spiro atoms. The summed E-state index contributed by atoms with van der Waals surface area (Å²) in [4.78, 5) is 18.1. The molecule has 0 aliphatic heterocycles. The van der Waals surface area contributed by atoms with Gasteiger partial charge in [-0.05, 0) is 30.3 Å². The van der Waals surface area contributed by atoms with E-state index >= 15 is 0 Å². The molecule has 0 unspecified atom stereocenters. The van der Waals surface area contributed by atoms with Gasteiger partial charge in [-0.2, -0.15) is 0 Å². The third-order valence-corrected chi connectivity index (χ3v) is 5.79. The van der Waals surface area contributed by atoms with Crippen molar-refractivity contribution in [1.29, 1.82) is 0 Å². The highest BCUT2D eigenvalue weighted by atomic mass is 32.2. The molecular weight excluding hydrogens is 346 g/mol. The number of hydrogen-bond acceptors (Lipinski definition) is 5. The minimum atomic E-state index is -3.79. The number of pyridine rings is 1. The highest BCUT2D eigenvalue weighted by Crippen LogP contribution is 2.25. The average molecular weight is 357 g/mol. The molecule has 2 aromatic heterocycles. The maximum Gasteiger partial charge on any atom is 0.305 e. The Labute approximate surface area is 140 Å². The zero-order chi connectivity index (χ0) is 16.7. The smallest absolute Gasteiger partial charge is 0.305 e. The Hall–Kier alpha value is -2.71. The normalized spacial score (nSPS) is 11.8. The molecule has 0 bridgehead atoms. The molecule has 4 rings (SSSR count). The first-order chi connectivity index (χ1) is 11.5. The largest absolute Gasteiger partial charge is 0.312 e. The van der Waals surface area contributed by atoms with Crippen molar-refractivity contribution in [2.45, 2.75) is 4.90 Å². The van der Waals surface area contributed by atoms with Gasteiger partial charge in [-0.15, -0.1) is 0 Å². The zero-order valence-electron chi connectivity index (χ0n) is 12.2. The van der Waals surface area contributed by atoms with E-state index in [0.717, 1.165) is 16.7 Å². The van der Waals surface area contributed by atoms with Crippen LogP contribution in [0.15, 0.2) is 64.4 Å². The number of para-hydroxylation sites is 1. The highest BCUT2D eigenvalue weighted by Gasteiger charge is 2.17. The van der Waals surface area contributed by atoms with E-state index < -0.39 is 10.0 Å². The zero-order valence-corrected chi connectivity index (χ0v) is 13.8. The summed E-state index contributed by atoms with van der Waals surface area (Å²) in [6.45, 7) is 0. The van der Waals surface area contributed by atoms with Crippen LogP contribution >= 0.6 is 11.3 Å². The first-order valence-electron chi connectivity index (χ1n) is 7.02. The van der Waals surface area contributed by atoms with Crippen LogP contribution in [0.2, 0.25) is 0 Å². The van der Waals surface area contributed by atoms with Crippen LogP contribution in [-0.4, -0.2) is 18.4 Å². The second-order valence-electron chi connectivity index (χ2n) is 5.16. The van der Waals surface area contributed by atoms with E-state index in [9.17, 15) is 13.2 Å². The lowest BCUT2D eigenvalue weighted by Gasteiger charge is -2.10. The topological polar surface area (TPSA) is 91.9 Å². The number of H-pyrrole nitrogens is 1. The second-order valence-corrected chi connectivity index (χ2v) is 7.86. The highest BCUT2D eigenvalue weighted by molar-refractivity contribution is 7.92. The second kappa shape index (κ2) is 5.43. The Kier molecular flexibility index (Phi) is 3.36. The predicted molar refractivity (Wildman–Crippen MR) is 95.0 cm³/mol. The van der Waals surface area contributed by atoms with Crippen molar-refractivity contribution in [3.05, 3.63) is 64.4 Å². The summed E-state index contributed by atoms with van der Waals surface area (Å²) in [5, 5.41) is 0.844. The van der Waals surface area contributed by atoms with Gasteiger partial charge in [0.15, 0.2) is 0 Å². The van der Waals surface area contributed by atoms with E-state index in [1.807, 2.05) is 12.1 Å². The molecule has 4 aromatic rings. The number of thiazole rings is 1. The van der Waals surface area contributed by atoms with E-state index in [2.05, 4.69) is 14.7 Å². The number of fused-ring (bicyclic) bond motifs is 2. The van der Waals surface area contributed by atoms with Gasteiger partial charge in [-0.1, -0.05) is 29.5 Å². The van der Waals surface area contributed by atoms with Gasteiger partial charge < -0.3 is 4.98 Å². The van der Waals surface area contributed by atoms with Crippen LogP contribution in [0, 0.1) is 0 Å². The van der Waals surface area contributed by atoms with Crippen molar-refractivity contribution in [2.24, 2.45) is 0 Å². The molecule has 0 saturated carbocycles. The quantitative estimate of drug-likeness (QED) is 0.590. The fourth-order valence-corrected chi connectivity index (χ4v) is 4.43. The van der Waals surface area contributed by atoms with Gasteiger partial charge in [0.05, 0.1) is 26.3 Å². The van der Waals surface area contributed by atoms with Crippen LogP contribution in [0.3, 0.4) is 0 Å². The summed E-state index contributed by atoms with van der Waals surface area (Å²) >= 11 is 0.976. The van der Waals surface area contributed by atoms with Crippen LogP contribution in [0.1, 0.15) is 0 Å². The molecule has 0 atom stereocenters. The molecule has 24 heavy (non-hydrogen) atoms. The lowest BCUT2D eigenvalue weighted by atomic mass is 10.2. The summed E-state index contributed by atoms with van der Waals surface area (Å²) in [6.07, 6.45) is 1.61. The fourth-order valence-electron chi connectivity index (χ4n) is 2.48. The summed E-state index contributed by atoms with van der Waals surface area (Å²) in [5.74, 6) is 0. The first-order valence-corrected chi connectivity index (χ1v) is 9.32. The van der Waals surface area contributed by atoms with Gasteiger partial charge in [0.25, 0.3) is 10.0 Å². The van der Waals surface area contributed by atoms with Crippen LogP contribution in [0.25, 0.3) is 21.1 Å². The number of anilines is 1. The third-order valence-electron chi connectivity index (χ3n) is 3.58. The Morgan fingerprint density at radius 1 is 1.08 bits per heavy atom. The monoisotopic (exact) mass is 357 g/mol. The minimum Gasteiger partial charge on any atom is -0.312 e. The Morgan fingerprint density at radius 2 is 1.92 bits per heavy atom. The number of aromatic nitrogens is 2. The fraction of sp³-hybridized carbons (Fsp3) is 0. The van der Waals surface area contributed by atoms with Crippen molar-refractivity contribution in [1.82, 2.24) is 9.97 Å². The maximum absolute atomic E-state index is 12.7. The SMILES string of the molecule is O=c1[nH]c2ccc(S(=O)(=O)Nc3cccc4cccnc34)cc2s1. The van der Waals surface area contributed by atoms with E-state index in [0.29, 0.717) is 21.4 Å². The number of rotatable bonds is 3. The molecule has 0 amide bonds. The van der Waals surface area contributed by atoms with E-state index in [4.69, 9.17) is 0 Å². The van der Waals surface area contributed by atoms with Crippen LogP contribution in [-0.2, 0) is 10.0 Å². The van der Waals surface area contributed by atoms with Crippen molar-refractivity contribution < 1.29 is 8.42 Å². The molecule has 6 nitrogen and oxygen atoms in total. The minimum absolute atomic E-state index is 0.0955. The molecule has 0 aliphatic carbocycles.